The van der Waals surface area contributed by atoms with Crippen molar-refractivity contribution in [3.05, 3.63) is 65.2 Å². The van der Waals surface area contributed by atoms with E-state index in [1.807, 2.05) is 0 Å². The van der Waals surface area contributed by atoms with Gasteiger partial charge in [-0.2, -0.15) is 28.1 Å². The van der Waals surface area contributed by atoms with Crippen LogP contribution in [-0.4, -0.2) is 80.4 Å². The van der Waals surface area contributed by atoms with Crippen molar-refractivity contribution in [3.8, 4) is 41.2 Å². The number of terminal acetylenes is 1. The minimum Gasteiger partial charge on any atom is -0.508 e. The molecule has 0 amide bonds. The van der Waals surface area contributed by atoms with Crippen LogP contribution in [0.15, 0.2) is 36.5 Å². The predicted molar refractivity (Wildman–Crippen MR) is 205 cm³/mol. The first-order valence-corrected chi connectivity index (χ1v) is 19.0. The first kappa shape index (κ1) is 39.8. The Morgan fingerprint density at radius 3 is 2.56 bits per heavy atom. The van der Waals surface area contributed by atoms with Crippen molar-refractivity contribution < 1.29 is 36.5 Å². The van der Waals surface area contributed by atoms with E-state index in [0.717, 1.165) is 83.7 Å². The number of phenols is 1. The Morgan fingerprint density at radius 2 is 1.82 bits per heavy atom. The maximum Gasteiger partial charge on any atom is 0.451 e. The summed E-state index contributed by atoms with van der Waals surface area (Å²) in [7, 11) is 1.24. The van der Waals surface area contributed by atoms with E-state index in [0.29, 0.717) is 40.8 Å². The third-order valence-electron chi connectivity index (χ3n) is 11.1. The molecule has 5 aromatic rings. The SMILES string of the molecule is C#Cc1c(F)ccc2cc(O)cc(-c3nc(CCC4CCCCNC4)c4c(N)nc(OCC56CCCN5CCC6)nc4c3F)c12.COc1ccnc(C(F)(F)F)n1. The third kappa shape index (κ3) is 8.36. The highest BCUT2D eigenvalue weighted by molar-refractivity contribution is 6.03. The van der Waals surface area contributed by atoms with Crippen molar-refractivity contribution in [1.29, 1.82) is 0 Å². The van der Waals surface area contributed by atoms with Crippen LogP contribution in [0.2, 0.25) is 0 Å². The molecule has 6 heterocycles. The van der Waals surface area contributed by atoms with Crippen LogP contribution in [0, 0.1) is 29.9 Å². The Morgan fingerprint density at radius 1 is 1.04 bits per heavy atom. The summed E-state index contributed by atoms with van der Waals surface area (Å²) in [6, 6.07) is 6.85. The van der Waals surface area contributed by atoms with E-state index >= 15 is 4.39 Å². The molecule has 3 aliphatic heterocycles. The first-order chi connectivity index (χ1) is 27.4. The van der Waals surface area contributed by atoms with Crippen molar-refractivity contribution in [2.24, 2.45) is 5.92 Å². The van der Waals surface area contributed by atoms with Gasteiger partial charge in [-0.05, 0) is 107 Å². The van der Waals surface area contributed by atoms with Gasteiger partial charge in [-0.25, -0.2) is 18.7 Å². The number of phenolic OH excluding ortho intramolecular Hbond substituents is 1. The lowest BCUT2D eigenvalue weighted by atomic mass is 9.94. The molecule has 3 saturated heterocycles. The highest BCUT2D eigenvalue weighted by Gasteiger charge is 2.45. The van der Waals surface area contributed by atoms with E-state index < -0.39 is 23.6 Å². The fourth-order valence-corrected chi connectivity index (χ4v) is 8.36. The molecule has 3 aromatic heterocycles. The van der Waals surface area contributed by atoms with Gasteiger partial charge in [-0.3, -0.25) is 4.90 Å². The van der Waals surface area contributed by atoms with Gasteiger partial charge in [0.2, 0.25) is 11.7 Å². The summed E-state index contributed by atoms with van der Waals surface area (Å²) in [5.74, 6) is 0.142. The number of benzene rings is 2. The number of aromatic nitrogens is 5. The van der Waals surface area contributed by atoms with Gasteiger partial charge in [0.1, 0.15) is 35.2 Å². The van der Waals surface area contributed by atoms with Crippen molar-refractivity contribution in [2.75, 3.05) is 45.6 Å². The first-order valence-electron chi connectivity index (χ1n) is 19.0. The van der Waals surface area contributed by atoms with E-state index in [2.05, 4.69) is 40.8 Å². The molecule has 0 bridgehead atoms. The summed E-state index contributed by atoms with van der Waals surface area (Å²) in [5.41, 5.74) is 7.08. The van der Waals surface area contributed by atoms with Gasteiger partial charge in [0.15, 0.2) is 5.82 Å². The van der Waals surface area contributed by atoms with Crippen LogP contribution in [0.25, 0.3) is 32.9 Å². The van der Waals surface area contributed by atoms with Crippen LogP contribution < -0.4 is 20.5 Å². The molecule has 0 saturated carbocycles. The number of hydrogen-bond acceptors (Lipinski definition) is 11. The summed E-state index contributed by atoms with van der Waals surface area (Å²) in [6.45, 7) is 4.40. The zero-order valence-corrected chi connectivity index (χ0v) is 31.4. The molecule has 3 fully saturated rings. The molecule has 1 unspecified atom stereocenters. The van der Waals surface area contributed by atoms with Gasteiger partial charge < -0.3 is 25.6 Å². The minimum absolute atomic E-state index is 0.0132. The van der Waals surface area contributed by atoms with Gasteiger partial charge >= 0.3 is 12.2 Å². The number of nitrogens with one attached hydrogen (secondary N) is 1. The number of rotatable bonds is 8. The fraction of sp³-hybridized carbons (Fsp3) is 0.439. The smallest absolute Gasteiger partial charge is 0.451 e. The highest BCUT2D eigenvalue weighted by Crippen LogP contribution is 2.41. The number of halogens is 5. The fourth-order valence-electron chi connectivity index (χ4n) is 8.36. The summed E-state index contributed by atoms with van der Waals surface area (Å²) < 4.78 is 78.2. The molecular weight excluding hydrogens is 747 g/mol. The van der Waals surface area contributed by atoms with E-state index in [4.69, 9.17) is 21.9 Å². The Balaban J connectivity index is 0.000000356. The molecule has 3 aliphatic rings. The zero-order chi connectivity index (χ0) is 40.3. The van der Waals surface area contributed by atoms with E-state index in [1.165, 1.54) is 37.4 Å². The number of aromatic hydroxyl groups is 1. The van der Waals surface area contributed by atoms with E-state index in [9.17, 15) is 22.7 Å². The minimum atomic E-state index is -4.52. The van der Waals surface area contributed by atoms with Gasteiger partial charge in [-0.15, -0.1) is 6.42 Å². The second kappa shape index (κ2) is 16.6. The molecule has 2 aromatic carbocycles. The number of nitrogens with zero attached hydrogens (tertiary/aromatic N) is 6. The Hall–Kier alpha value is -5.40. The third-order valence-corrected chi connectivity index (χ3v) is 11.1. The average Bonchev–Trinajstić information content (AvgIpc) is 3.67. The van der Waals surface area contributed by atoms with Crippen molar-refractivity contribution >= 4 is 27.5 Å². The largest absolute Gasteiger partial charge is 0.508 e. The van der Waals surface area contributed by atoms with Crippen LogP contribution in [0.3, 0.4) is 0 Å². The Kier molecular flexibility index (Phi) is 11.6. The molecule has 16 heteroatoms. The van der Waals surface area contributed by atoms with Gasteiger partial charge in [-0.1, -0.05) is 18.4 Å². The monoisotopic (exact) mass is 790 g/mol. The second-order valence-corrected chi connectivity index (χ2v) is 14.7. The molecule has 4 N–H and O–H groups in total. The lowest BCUT2D eigenvalue weighted by Gasteiger charge is -2.31. The normalized spacial score (nSPS) is 18.1. The lowest BCUT2D eigenvalue weighted by molar-refractivity contribution is -0.145. The lowest BCUT2D eigenvalue weighted by Crippen LogP contribution is -2.43. The van der Waals surface area contributed by atoms with Crippen molar-refractivity contribution in [2.45, 2.75) is 69.5 Å². The molecule has 11 nitrogen and oxygen atoms in total. The van der Waals surface area contributed by atoms with Gasteiger partial charge in [0.25, 0.3) is 0 Å². The number of ether oxygens (including phenoxy) is 2. The molecule has 8 rings (SSSR count). The molecule has 0 radical (unpaired) electrons. The zero-order valence-electron chi connectivity index (χ0n) is 31.4. The Bertz CT molecular complexity index is 2300. The summed E-state index contributed by atoms with van der Waals surface area (Å²) in [4.78, 5) is 22.5. The number of nitrogens with two attached hydrogens (primary N) is 1. The molecule has 0 aliphatic carbocycles. The molecular formula is C41H43F5N8O3. The molecule has 0 spiro atoms. The van der Waals surface area contributed by atoms with E-state index in [1.54, 1.807) is 0 Å². The number of alkyl halides is 3. The summed E-state index contributed by atoms with van der Waals surface area (Å²) >= 11 is 0. The highest BCUT2D eigenvalue weighted by atomic mass is 19.4. The number of hydrogen-bond donors (Lipinski definition) is 3. The molecule has 57 heavy (non-hydrogen) atoms. The van der Waals surface area contributed by atoms with Crippen LogP contribution in [0.1, 0.15) is 68.4 Å². The van der Waals surface area contributed by atoms with Crippen LogP contribution >= 0.6 is 0 Å². The van der Waals surface area contributed by atoms with Crippen LogP contribution in [0.4, 0.5) is 27.8 Å². The molecule has 1 atom stereocenters. The Labute approximate surface area is 326 Å². The summed E-state index contributed by atoms with van der Waals surface area (Å²) in [6.07, 6.45) is 11.2. The maximum absolute atomic E-state index is 16.8. The topological polar surface area (TPSA) is 144 Å². The quantitative estimate of drug-likeness (QED) is 0.108. The van der Waals surface area contributed by atoms with Crippen LogP contribution in [0.5, 0.6) is 17.6 Å². The van der Waals surface area contributed by atoms with Crippen molar-refractivity contribution in [3.63, 3.8) is 0 Å². The van der Waals surface area contributed by atoms with Crippen LogP contribution in [-0.2, 0) is 12.6 Å². The number of anilines is 1. The number of fused-ring (bicyclic) bond motifs is 3. The standard InChI is InChI=1S/C35H38F2N6O2.C6H5F3N2O/c1-2-24-26(36)10-9-22-17-23(44)18-25(28(22)24)31-30(37)32-29(27(40-31)11-8-21-7-3-4-14-39-19-21)33(38)42-34(41-32)45-20-35-12-5-15-43(35)16-6-13-35;1-12-4-2-3-10-5(11-4)6(7,8)9/h1,9-10,17-18,21,39,44H,3-8,11-16,19-20H2,(H2,38,41,42);2-3H,1H3. The molecule has 300 valence electrons. The number of methoxy groups -OCH3 is 1. The van der Waals surface area contributed by atoms with Gasteiger partial charge in [0.05, 0.1) is 29.3 Å². The van der Waals surface area contributed by atoms with E-state index in [-0.39, 0.29) is 51.3 Å². The van der Waals surface area contributed by atoms with Crippen molar-refractivity contribution in [1.82, 2.24) is 35.1 Å². The number of nitrogen functional groups attached to an aromatic ring is 1. The average molecular weight is 791 g/mol. The predicted octanol–water partition coefficient (Wildman–Crippen LogP) is 7.23. The second-order valence-electron chi connectivity index (χ2n) is 14.7. The maximum atomic E-state index is 16.8. The summed E-state index contributed by atoms with van der Waals surface area (Å²) in [5, 5.41) is 15.2. The number of pyridine rings is 1. The van der Waals surface area contributed by atoms with Gasteiger partial charge in [0, 0.05) is 23.2 Å². The number of aryl methyl sites for hydroxylation is 1.